The first-order valence-electron chi connectivity index (χ1n) is 2.79. The normalized spacial score (nSPS) is 33.7. The van der Waals surface area contributed by atoms with Crippen molar-refractivity contribution < 1.29 is 9.90 Å². The Hall–Kier alpha value is -0.830. The lowest BCUT2D eigenvalue weighted by atomic mass is 9.76. The van der Waals surface area contributed by atoms with Crippen LogP contribution in [0.5, 0.6) is 0 Å². The minimum Gasteiger partial charge on any atom is -0.481 e. The van der Waals surface area contributed by atoms with Gasteiger partial charge in [0.1, 0.15) is 0 Å². The number of aliphatic carboxylic acids is 1. The first-order valence-corrected chi connectivity index (χ1v) is 2.79. The molecule has 1 aliphatic carbocycles. The molecule has 0 aromatic heterocycles. The maximum Gasteiger partial charge on any atom is 0.308 e. The highest BCUT2D eigenvalue weighted by atomic mass is 16.4. The van der Waals surface area contributed by atoms with Crippen LogP contribution in [0.4, 0.5) is 0 Å². The van der Waals surface area contributed by atoms with Crippen molar-refractivity contribution in [1.82, 2.24) is 0 Å². The summed E-state index contributed by atoms with van der Waals surface area (Å²) in [6, 6.07) is -0.303. The number of hydrogen-bond donors (Lipinski definition) is 2. The van der Waals surface area contributed by atoms with Gasteiger partial charge in [-0.15, -0.1) is 0 Å². The highest BCUT2D eigenvalue weighted by Gasteiger charge is 2.36. The fourth-order valence-corrected chi connectivity index (χ4v) is 0.910. The Bertz CT molecular complexity index is 164. The van der Waals surface area contributed by atoms with Crippen LogP contribution in [0.25, 0.3) is 0 Å². The van der Waals surface area contributed by atoms with Gasteiger partial charge in [-0.3, -0.25) is 4.79 Å². The van der Waals surface area contributed by atoms with Gasteiger partial charge in [-0.05, 0) is 6.42 Å². The van der Waals surface area contributed by atoms with Crippen molar-refractivity contribution in [3.05, 3.63) is 12.2 Å². The summed E-state index contributed by atoms with van der Waals surface area (Å²) < 4.78 is 0. The zero-order valence-corrected chi connectivity index (χ0v) is 5.00. The molecule has 9 heavy (non-hydrogen) atoms. The van der Waals surface area contributed by atoms with Crippen LogP contribution in [-0.2, 0) is 4.79 Å². The van der Waals surface area contributed by atoms with Crippen molar-refractivity contribution in [2.45, 2.75) is 12.5 Å². The number of hydrogen-bond acceptors (Lipinski definition) is 2. The minimum absolute atomic E-state index is 0.303. The third kappa shape index (κ3) is 0.833. The van der Waals surface area contributed by atoms with Crippen molar-refractivity contribution >= 4 is 5.97 Å². The molecule has 0 saturated heterocycles. The number of rotatable bonds is 1. The van der Waals surface area contributed by atoms with E-state index >= 15 is 0 Å². The molecule has 0 heterocycles. The SMILES string of the molecule is C=C1C[C@H](C(=O)O)[C@H]1N. The van der Waals surface area contributed by atoms with E-state index in [1.807, 2.05) is 0 Å². The molecule has 3 nitrogen and oxygen atoms in total. The minimum atomic E-state index is -0.810. The van der Waals surface area contributed by atoms with Crippen molar-refractivity contribution in [3.63, 3.8) is 0 Å². The molecule has 0 aliphatic heterocycles. The topological polar surface area (TPSA) is 63.3 Å². The Balaban J connectivity index is 2.51. The molecule has 0 aromatic rings. The smallest absolute Gasteiger partial charge is 0.308 e. The Morgan fingerprint density at radius 2 is 2.44 bits per heavy atom. The number of carbonyl (C=O) groups is 1. The standard InChI is InChI=1S/C6H9NO2/c1-3-2-4(5(3)7)6(8)9/h4-5H,1-2,7H2,(H,8,9)/t4-,5-/m0/s1. The highest BCUT2D eigenvalue weighted by molar-refractivity contribution is 5.74. The van der Waals surface area contributed by atoms with E-state index in [0.717, 1.165) is 5.57 Å². The van der Waals surface area contributed by atoms with Gasteiger partial charge in [0.2, 0.25) is 0 Å². The van der Waals surface area contributed by atoms with Crippen molar-refractivity contribution in [3.8, 4) is 0 Å². The molecule has 0 amide bonds. The van der Waals surface area contributed by atoms with Gasteiger partial charge in [-0.1, -0.05) is 12.2 Å². The Morgan fingerprint density at radius 3 is 2.56 bits per heavy atom. The van der Waals surface area contributed by atoms with Gasteiger partial charge in [0.15, 0.2) is 0 Å². The van der Waals surface area contributed by atoms with Gasteiger partial charge >= 0.3 is 5.97 Å². The monoisotopic (exact) mass is 127 g/mol. The van der Waals surface area contributed by atoms with Crippen LogP contribution in [0.1, 0.15) is 6.42 Å². The summed E-state index contributed by atoms with van der Waals surface area (Å²) in [5.41, 5.74) is 6.24. The molecule has 0 bridgehead atoms. The number of carboxylic acid groups (broad SMARTS) is 1. The van der Waals surface area contributed by atoms with E-state index in [1.54, 1.807) is 0 Å². The number of carboxylic acids is 1. The van der Waals surface area contributed by atoms with Gasteiger partial charge in [-0.25, -0.2) is 0 Å². The Kier molecular flexibility index (Phi) is 1.29. The van der Waals surface area contributed by atoms with Crippen molar-refractivity contribution in [1.29, 1.82) is 0 Å². The second-order valence-electron chi connectivity index (χ2n) is 2.33. The summed E-state index contributed by atoms with van der Waals surface area (Å²) in [6.07, 6.45) is 0.552. The quantitative estimate of drug-likeness (QED) is 0.486. The van der Waals surface area contributed by atoms with Gasteiger partial charge < -0.3 is 10.8 Å². The van der Waals surface area contributed by atoms with E-state index in [1.165, 1.54) is 0 Å². The van der Waals surface area contributed by atoms with E-state index in [-0.39, 0.29) is 12.0 Å². The zero-order valence-electron chi connectivity index (χ0n) is 5.00. The van der Waals surface area contributed by atoms with Crippen LogP contribution in [0.2, 0.25) is 0 Å². The molecule has 3 heteroatoms. The molecule has 0 aromatic carbocycles. The second-order valence-corrected chi connectivity index (χ2v) is 2.33. The molecule has 2 atom stereocenters. The Labute approximate surface area is 53.2 Å². The summed E-state index contributed by atoms with van der Waals surface area (Å²) in [5.74, 6) is -1.19. The van der Waals surface area contributed by atoms with E-state index in [2.05, 4.69) is 6.58 Å². The van der Waals surface area contributed by atoms with E-state index < -0.39 is 5.97 Å². The summed E-state index contributed by atoms with van der Waals surface area (Å²) in [7, 11) is 0. The van der Waals surface area contributed by atoms with E-state index in [0.29, 0.717) is 6.42 Å². The summed E-state index contributed by atoms with van der Waals surface area (Å²) in [4.78, 5) is 10.2. The summed E-state index contributed by atoms with van der Waals surface area (Å²) in [5, 5.41) is 8.40. The van der Waals surface area contributed by atoms with Crippen molar-refractivity contribution in [2.24, 2.45) is 11.7 Å². The van der Waals surface area contributed by atoms with Crippen LogP contribution < -0.4 is 5.73 Å². The van der Waals surface area contributed by atoms with Crippen LogP contribution >= 0.6 is 0 Å². The molecule has 50 valence electrons. The van der Waals surface area contributed by atoms with Gasteiger partial charge in [-0.2, -0.15) is 0 Å². The van der Waals surface area contributed by atoms with Gasteiger partial charge in [0.25, 0.3) is 0 Å². The average molecular weight is 127 g/mol. The molecule has 1 saturated carbocycles. The molecule has 1 fully saturated rings. The fourth-order valence-electron chi connectivity index (χ4n) is 0.910. The summed E-state index contributed by atoms with van der Waals surface area (Å²) in [6.45, 7) is 3.59. The third-order valence-corrected chi connectivity index (χ3v) is 1.70. The average Bonchev–Trinajstić information content (AvgIpc) is 1.81. The lowest BCUT2D eigenvalue weighted by molar-refractivity contribution is -0.143. The molecule has 0 radical (unpaired) electrons. The molecule has 1 rings (SSSR count). The number of nitrogens with two attached hydrogens (primary N) is 1. The third-order valence-electron chi connectivity index (χ3n) is 1.70. The first-order chi connectivity index (χ1) is 4.13. The van der Waals surface area contributed by atoms with Gasteiger partial charge in [0.05, 0.1) is 5.92 Å². The lowest BCUT2D eigenvalue weighted by Crippen LogP contribution is -2.45. The lowest BCUT2D eigenvalue weighted by Gasteiger charge is -2.32. The Morgan fingerprint density at radius 1 is 1.89 bits per heavy atom. The molecule has 3 N–H and O–H groups in total. The van der Waals surface area contributed by atoms with E-state index in [4.69, 9.17) is 10.8 Å². The van der Waals surface area contributed by atoms with Gasteiger partial charge in [0, 0.05) is 6.04 Å². The summed E-state index contributed by atoms with van der Waals surface area (Å²) >= 11 is 0. The second kappa shape index (κ2) is 1.84. The highest BCUT2D eigenvalue weighted by Crippen LogP contribution is 2.30. The van der Waals surface area contributed by atoms with Crippen LogP contribution in [0.15, 0.2) is 12.2 Å². The molecule has 1 aliphatic rings. The van der Waals surface area contributed by atoms with Crippen molar-refractivity contribution in [2.75, 3.05) is 0 Å². The maximum atomic E-state index is 10.2. The largest absolute Gasteiger partial charge is 0.481 e. The molecule has 0 unspecified atom stereocenters. The predicted octanol–water partition coefficient (Wildman–Crippen LogP) is -0.0256. The van der Waals surface area contributed by atoms with Crippen LogP contribution in [0.3, 0.4) is 0 Å². The first kappa shape index (κ1) is 6.29. The predicted molar refractivity (Wildman–Crippen MR) is 32.9 cm³/mol. The van der Waals surface area contributed by atoms with Crippen LogP contribution in [-0.4, -0.2) is 17.1 Å². The molecular formula is C6H9NO2. The molecule has 0 spiro atoms. The van der Waals surface area contributed by atoms with Crippen LogP contribution in [0, 0.1) is 5.92 Å². The fraction of sp³-hybridized carbons (Fsp3) is 0.500. The maximum absolute atomic E-state index is 10.2. The molecular weight excluding hydrogens is 118 g/mol. The van der Waals surface area contributed by atoms with E-state index in [9.17, 15) is 4.79 Å². The zero-order chi connectivity index (χ0) is 7.02.